The van der Waals surface area contributed by atoms with Crippen molar-refractivity contribution in [3.8, 4) is 11.1 Å². The molecule has 2 aromatic carbocycles. The molecule has 0 bridgehead atoms. The molecule has 0 N–H and O–H groups in total. The van der Waals surface area contributed by atoms with E-state index in [4.69, 9.17) is 0 Å². The minimum Gasteiger partial charge on any atom is -0.315 e. The van der Waals surface area contributed by atoms with Crippen molar-refractivity contribution in [1.82, 2.24) is 9.55 Å². The van der Waals surface area contributed by atoms with Crippen molar-refractivity contribution < 1.29 is 4.79 Å². The van der Waals surface area contributed by atoms with Gasteiger partial charge in [-0.05, 0) is 24.6 Å². The number of benzene rings is 2. The van der Waals surface area contributed by atoms with Crippen molar-refractivity contribution in [2.24, 2.45) is 0 Å². The molecule has 0 saturated heterocycles. The molecule has 0 unspecified atom stereocenters. The maximum atomic E-state index is 13.2. The standard InChI is InChI=1S/C23H21N3O2S/c1-16-20(17-9-5-3-6-10-17)21-22(29-16)24-15-26(23(21)28)14-13-19(27)25(2)18-11-7-4-8-12-18/h3-12,15H,13-14H2,1-2H3. The van der Waals surface area contributed by atoms with Crippen LogP contribution in [0, 0.1) is 6.92 Å². The summed E-state index contributed by atoms with van der Waals surface area (Å²) in [5, 5.41) is 0.630. The van der Waals surface area contributed by atoms with E-state index in [2.05, 4.69) is 4.98 Å². The summed E-state index contributed by atoms with van der Waals surface area (Å²) in [4.78, 5) is 33.7. The number of carbonyl (C=O) groups excluding carboxylic acids is 1. The summed E-state index contributed by atoms with van der Waals surface area (Å²) >= 11 is 1.52. The fraction of sp³-hybridized carbons (Fsp3) is 0.174. The van der Waals surface area contributed by atoms with Crippen LogP contribution in [0.2, 0.25) is 0 Å². The van der Waals surface area contributed by atoms with Gasteiger partial charge in [-0.2, -0.15) is 0 Å². The predicted molar refractivity (Wildman–Crippen MR) is 119 cm³/mol. The highest BCUT2D eigenvalue weighted by Gasteiger charge is 2.17. The van der Waals surface area contributed by atoms with Gasteiger partial charge in [-0.3, -0.25) is 14.2 Å². The van der Waals surface area contributed by atoms with E-state index < -0.39 is 0 Å². The summed E-state index contributed by atoms with van der Waals surface area (Å²) in [5.41, 5.74) is 2.67. The molecule has 2 heterocycles. The van der Waals surface area contributed by atoms with Crippen LogP contribution in [0.1, 0.15) is 11.3 Å². The van der Waals surface area contributed by atoms with Gasteiger partial charge >= 0.3 is 0 Å². The molecule has 0 spiro atoms. The third kappa shape index (κ3) is 3.71. The highest BCUT2D eigenvalue weighted by molar-refractivity contribution is 7.19. The van der Waals surface area contributed by atoms with Crippen LogP contribution in [0.5, 0.6) is 0 Å². The van der Waals surface area contributed by atoms with Crippen LogP contribution < -0.4 is 10.5 Å². The van der Waals surface area contributed by atoms with E-state index in [9.17, 15) is 9.59 Å². The Hall–Kier alpha value is -3.25. The van der Waals surface area contributed by atoms with Crippen molar-refractivity contribution in [3.05, 3.63) is 82.2 Å². The first kappa shape index (κ1) is 19.1. The Bertz CT molecular complexity index is 1210. The van der Waals surface area contributed by atoms with Crippen LogP contribution in [0.15, 0.2) is 71.8 Å². The van der Waals surface area contributed by atoms with Crippen molar-refractivity contribution in [2.45, 2.75) is 19.9 Å². The molecule has 0 radical (unpaired) electrons. The molecule has 0 aliphatic rings. The molecule has 0 aliphatic heterocycles. The van der Waals surface area contributed by atoms with E-state index in [-0.39, 0.29) is 17.9 Å². The number of hydrogen-bond acceptors (Lipinski definition) is 4. The van der Waals surface area contributed by atoms with E-state index in [0.29, 0.717) is 11.9 Å². The molecule has 0 saturated carbocycles. The lowest BCUT2D eigenvalue weighted by Gasteiger charge is -2.17. The van der Waals surface area contributed by atoms with Gasteiger partial charge in [0.05, 0.1) is 11.7 Å². The number of nitrogens with zero attached hydrogens (tertiary/aromatic N) is 3. The van der Waals surface area contributed by atoms with Gasteiger partial charge in [-0.15, -0.1) is 11.3 Å². The molecule has 0 fully saturated rings. The summed E-state index contributed by atoms with van der Waals surface area (Å²) in [5.74, 6) is -0.0482. The normalized spacial score (nSPS) is 11.0. The van der Waals surface area contributed by atoms with Crippen molar-refractivity contribution in [3.63, 3.8) is 0 Å². The predicted octanol–water partition coefficient (Wildman–Crippen LogP) is 4.49. The number of para-hydroxylation sites is 1. The molecule has 4 rings (SSSR count). The van der Waals surface area contributed by atoms with Crippen molar-refractivity contribution >= 4 is 33.1 Å². The first-order valence-corrected chi connectivity index (χ1v) is 10.2. The summed E-state index contributed by atoms with van der Waals surface area (Å²) in [6, 6.07) is 19.4. The first-order chi connectivity index (χ1) is 14.1. The van der Waals surface area contributed by atoms with Gasteiger partial charge in [0, 0.05) is 36.1 Å². The molecule has 5 nitrogen and oxygen atoms in total. The summed E-state index contributed by atoms with van der Waals surface area (Å²) < 4.78 is 1.54. The number of anilines is 1. The van der Waals surface area contributed by atoms with Gasteiger partial charge in [-0.1, -0.05) is 48.5 Å². The Morgan fingerprint density at radius 2 is 1.72 bits per heavy atom. The monoisotopic (exact) mass is 403 g/mol. The molecule has 0 aliphatic carbocycles. The number of aromatic nitrogens is 2. The maximum Gasteiger partial charge on any atom is 0.262 e. The Kier molecular flexibility index (Phi) is 5.27. The topological polar surface area (TPSA) is 55.2 Å². The minimum atomic E-state index is -0.103. The fourth-order valence-corrected chi connectivity index (χ4v) is 4.43. The maximum absolute atomic E-state index is 13.2. The number of thiophene rings is 1. The third-order valence-corrected chi connectivity index (χ3v) is 6.01. The number of amides is 1. The molecule has 0 atom stereocenters. The second-order valence-electron chi connectivity index (χ2n) is 6.86. The molecule has 1 amide bonds. The molecule has 6 heteroatoms. The Morgan fingerprint density at radius 3 is 2.41 bits per heavy atom. The number of rotatable bonds is 5. The van der Waals surface area contributed by atoms with Crippen LogP contribution >= 0.6 is 11.3 Å². The Labute approximate surface area is 172 Å². The van der Waals surface area contributed by atoms with Gasteiger partial charge in [0.25, 0.3) is 5.56 Å². The van der Waals surface area contributed by atoms with Crippen molar-refractivity contribution in [1.29, 1.82) is 0 Å². The van der Waals surface area contributed by atoms with Gasteiger partial charge in [0.1, 0.15) is 4.83 Å². The average Bonchev–Trinajstić information content (AvgIpc) is 3.10. The quantitative estimate of drug-likeness (QED) is 0.493. The lowest BCUT2D eigenvalue weighted by atomic mass is 10.0. The second kappa shape index (κ2) is 8.01. The van der Waals surface area contributed by atoms with E-state index >= 15 is 0 Å². The average molecular weight is 404 g/mol. The summed E-state index contributed by atoms with van der Waals surface area (Å²) in [7, 11) is 1.75. The van der Waals surface area contributed by atoms with Crippen LogP contribution in [0.4, 0.5) is 5.69 Å². The van der Waals surface area contributed by atoms with E-state index in [0.717, 1.165) is 26.5 Å². The summed E-state index contributed by atoms with van der Waals surface area (Å²) in [6.45, 7) is 2.30. The number of fused-ring (bicyclic) bond motifs is 1. The van der Waals surface area contributed by atoms with Gasteiger partial charge in [0.2, 0.25) is 5.91 Å². The van der Waals surface area contributed by atoms with Crippen molar-refractivity contribution in [2.75, 3.05) is 11.9 Å². The largest absolute Gasteiger partial charge is 0.315 e. The van der Waals surface area contributed by atoms with E-state index in [1.54, 1.807) is 18.3 Å². The molecular weight excluding hydrogens is 382 g/mol. The van der Waals surface area contributed by atoms with Gasteiger partial charge < -0.3 is 4.90 Å². The van der Waals surface area contributed by atoms with Crippen LogP contribution in [0.3, 0.4) is 0 Å². The number of aryl methyl sites for hydroxylation is 2. The zero-order valence-corrected chi connectivity index (χ0v) is 17.1. The lowest BCUT2D eigenvalue weighted by Crippen LogP contribution is -2.29. The number of hydrogen-bond donors (Lipinski definition) is 0. The molecule has 29 heavy (non-hydrogen) atoms. The third-order valence-electron chi connectivity index (χ3n) is 5.00. The SMILES string of the molecule is Cc1sc2ncn(CCC(=O)N(C)c3ccccc3)c(=O)c2c1-c1ccccc1. The first-order valence-electron chi connectivity index (χ1n) is 9.42. The summed E-state index contributed by atoms with van der Waals surface area (Å²) in [6.07, 6.45) is 1.77. The highest BCUT2D eigenvalue weighted by Crippen LogP contribution is 2.35. The highest BCUT2D eigenvalue weighted by atomic mass is 32.1. The molecule has 4 aromatic rings. The lowest BCUT2D eigenvalue weighted by molar-refractivity contribution is -0.118. The zero-order valence-electron chi connectivity index (χ0n) is 16.3. The smallest absolute Gasteiger partial charge is 0.262 e. The van der Waals surface area contributed by atoms with Gasteiger partial charge in [-0.25, -0.2) is 4.98 Å². The van der Waals surface area contributed by atoms with E-state index in [1.165, 1.54) is 15.9 Å². The minimum absolute atomic E-state index is 0.0482. The number of carbonyl (C=O) groups is 1. The zero-order chi connectivity index (χ0) is 20.4. The second-order valence-corrected chi connectivity index (χ2v) is 8.06. The van der Waals surface area contributed by atoms with Crippen LogP contribution in [-0.2, 0) is 11.3 Å². The molecular formula is C23H21N3O2S. The fourth-order valence-electron chi connectivity index (χ4n) is 3.43. The van der Waals surface area contributed by atoms with Crippen LogP contribution in [-0.4, -0.2) is 22.5 Å². The molecule has 146 valence electrons. The molecule has 2 aromatic heterocycles. The van der Waals surface area contributed by atoms with E-state index in [1.807, 2.05) is 67.6 Å². The van der Waals surface area contributed by atoms with Crippen LogP contribution in [0.25, 0.3) is 21.3 Å². The Balaban J connectivity index is 1.63. The Morgan fingerprint density at radius 1 is 1.07 bits per heavy atom. The van der Waals surface area contributed by atoms with Gasteiger partial charge in [0.15, 0.2) is 0 Å².